The summed E-state index contributed by atoms with van der Waals surface area (Å²) in [6, 6.07) is 19.4. The molecule has 13 heteroatoms. The van der Waals surface area contributed by atoms with E-state index in [9.17, 15) is 26.3 Å². The molecule has 1 saturated heterocycles. The van der Waals surface area contributed by atoms with E-state index < -0.39 is 24.3 Å². The van der Waals surface area contributed by atoms with Crippen LogP contribution >= 0.6 is 11.6 Å². The summed E-state index contributed by atoms with van der Waals surface area (Å²) in [4.78, 5) is 20.4. The second kappa shape index (κ2) is 13.9. The predicted molar refractivity (Wildman–Crippen MR) is 116 cm³/mol. The fraction of sp³-hybridized carbons (Fsp3) is 0.364. The number of rotatable bonds is 4. The van der Waals surface area contributed by atoms with Crippen molar-refractivity contribution < 1.29 is 46.1 Å². The Labute approximate surface area is 202 Å². The largest absolute Gasteiger partial charge is 0.490 e. The van der Waals surface area contributed by atoms with Crippen LogP contribution in [0.15, 0.2) is 54.6 Å². The molecule has 1 aliphatic heterocycles. The third-order valence-corrected chi connectivity index (χ3v) is 5.00. The van der Waals surface area contributed by atoms with Crippen LogP contribution in [0.2, 0.25) is 5.02 Å². The maximum absolute atomic E-state index is 10.6. The summed E-state index contributed by atoms with van der Waals surface area (Å²) in [5, 5.41) is 18.5. The lowest BCUT2D eigenvalue weighted by Crippen LogP contribution is -2.45. The van der Waals surface area contributed by atoms with Crippen molar-refractivity contribution in [3.63, 3.8) is 0 Å². The molecule has 3 N–H and O–H groups in total. The lowest BCUT2D eigenvalue weighted by atomic mass is 9.97. The Morgan fingerprint density at radius 3 is 1.71 bits per heavy atom. The normalized spacial score (nSPS) is 15.1. The number of hydrogen-bond acceptors (Lipinski definition) is 4. The highest BCUT2D eigenvalue weighted by Crippen LogP contribution is 2.28. The van der Waals surface area contributed by atoms with Gasteiger partial charge in [-0.2, -0.15) is 26.3 Å². The Morgan fingerprint density at radius 1 is 0.857 bits per heavy atom. The molecule has 194 valence electrons. The summed E-state index contributed by atoms with van der Waals surface area (Å²) >= 11 is 6.36. The molecule has 1 aliphatic rings. The summed E-state index contributed by atoms with van der Waals surface area (Å²) in [5.41, 5.74) is 2.60. The standard InChI is InChI=1S/C18H21ClN2.2C2HF3O2/c19-17-9-5-4-8-16(17)14-18(15-6-2-1-3-7-15)21-12-10-20-11-13-21;2*3-2(4,5)1(6)7/h1-9,18,20H,10-14H2;2*(H,6,7). The van der Waals surface area contributed by atoms with Crippen LogP contribution < -0.4 is 5.32 Å². The number of nitrogens with zero attached hydrogens (tertiary/aromatic N) is 1. The van der Waals surface area contributed by atoms with Crippen LogP contribution in [0.25, 0.3) is 0 Å². The second-order valence-corrected chi connectivity index (χ2v) is 7.52. The highest BCUT2D eigenvalue weighted by atomic mass is 35.5. The van der Waals surface area contributed by atoms with Gasteiger partial charge >= 0.3 is 24.3 Å². The smallest absolute Gasteiger partial charge is 0.475 e. The summed E-state index contributed by atoms with van der Waals surface area (Å²) in [7, 11) is 0. The van der Waals surface area contributed by atoms with Gasteiger partial charge in [0.2, 0.25) is 0 Å². The summed E-state index contributed by atoms with van der Waals surface area (Å²) in [5.74, 6) is -5.51. The Kier molecular flexibility index (Phi) is 12.0. The van der Waals surface area contributed by atoms with E-state index in [-0.39, 0.29) is 0 Å². The van der Waals surface area contributed by atoms with E-state index in [4.69, 9.17) is 31.4 Å². The van der Waals surface area contributed by atoms with E-state index in [0.717, 1.165) is 37.6 Å². The van der Waals surface area contributed by atoms with Gasteiger partial charge in [0.05, 0.1) is 0 Å². The topological polar surface area (TPSA) is 89.9 Å². The average Bonchev–Trinajstić information content (AvgIpc) is 2.79. The summed E-state index contributed by atoms with van der Waals surface area (Å²) in [6.45, 7) is 4.30. The van der Waals surface area contributed by atoms with Crippen molar-refractivity contribution in [3.05, 3.63) is 70.7 Å². The average molecular weight is 529 g/mol. The third-order valence-electron chi connectivity index (χ3n) is 4.63. The molecule has 35 heavy (non-hydrogen) atoms. The van der Waals surface area contributed by atoms with Gasteiger partial charge < -0.3 is 15.5 Å². The van der Waals surface area contributed by atoms with E-state index in [1.807, 2.05) is 12.1 Å². The number of alkyl halides is 6. The van der Waals surface area contributed by atoms with E-state index in [1.165, 1.54) is 11.1 Å². The quantitative estimate of drug-likeness (QED) is 0.494. The first-order chi connectivity index (χ1) is 16.2. The Bertz CT molecular complexity index is 912. The molecule has 0 radical (unpaired) electrons. The van der Waals surface area contributed by atoms with E-state index in [1.54, 1.807) is 0 Å². The predicted octanol–water partition coefficient (Wildman–Crippen LogP) is 4.80. The molecule has 0 bridgehead atoms. The fourth-order valence-electron chi connectivity index (χ4n) is 3.00. The molecule has 2 aromatic rings. The van der Waals surface area contributed by atoms with E-state index in [0.29, 0.717) is 6.04 Å². The molecule has 1 atom stereocenters. The first kappa shape index (κ1) is 30.2. The first-order valence-electron chi connectivity index (χ1n) is 10.1. The molecule has 0 aromatic heterocycles. The van der Waals surface area contributed by atoms with Crippen molar-refractivity contribution in [1.82, 2.24) is 10.2 Å². The molecule has 1 fully saturated rings. The third kappa shape index (κ3) is 11.4. The lowest BCUT2D eigenvalue weighted by molar-refractivity contribution is -0.193. The van der Waals surface area contributed by atoms with Crippen LogP contribution in [0, 0.1) is 0 Å². The number of aliphatic carboxylic acids is 2. The molecular formula is C22H23ClF6N2O4. The molecule has 6 nitrogen and oxygen atoms in total. The number of nitrogens with one attached hydrogen (secondary N) is 1. The molecule has 1 unspecified atom stereocenters. The number of carboxylic acids is 2. The molecule has 2 aromatic carbocycles. The lowest BCUT2D eigenvalue weighted by Gasteiger charge is -2.35. The monoisotopic (exact) mass is 528 g/mol. The minimum Gasteiger partial charge on any atom is -0.475 e. The fourth-order valence-corrected chi connectivity index (χ4v) is 3.21. The maximum atomic E-state index is 10.6. The number of hydrogen-bond donors (Lipinski definition) is 3. The second-order valence-electron chi connectivity index (χ2n) is 7.11. The summed E-state index contributed by atoms with van der Waals surface area (Å²) < 4.78 is 63.5. The SMILES string of the molecule is Clc1ccccc1CC(c1ccccc1)N1CCNCC1.O=C(O)C(F)(F)F.O=C(O)C(F)(F)F. The number of benzene rings is 2. The number of carbonyl (C=O) groups is 2. The van der Waals surface area contributed by atoms with E-state index in [2.05, 4.69) is 52.7 Å². The molecular weight excluding hydrogens is 506 g/mol. The molecule has 3 rings (SSSR count). The van der Waals surface area contributed by atoms with Gasteiger partial charge in [0.25, 0.3) is 0 Å². The minimum absolute atomic E-state index is 0.396. The van der Waals surface area contributed by atoms with Gasteiger partial charge in [-0.15, -0.1) is 0 Å². The Balaban J connectivity index is 0.000000362. The first-order valence-corrected chi connectivity index (χ1v) is 10.4. The van der Waals surface area contributed by atoms with Crippen LogP contribution in [0.5, 0.6) is 0 Å². The molecule has 1 heterocycles. The van der Waals surface area contributed by atoms with Crippen LogP contribution in [-0.4, -0.2) is 65.6 Å². The van der Waals surface area contributed by atoms with Crippen molar-refractivity contribution in [3.8, 4) is 0 Å². The van der Waals surface area contributed by atoms with E-state index >= 15 is 0 Å². The van der Waals surface area contributed by atoms with Crippen molar-refractivity contribution >= 4 is 23.5 Å². The maximum Gasteiger partial charge on any atom is 0.490 e. The number of piperazine rings is 1. The number of halogens is 7. The Morgan fingerprint density at radius 2 is 1.29 bits per heavy atom. The summed E-state index contributed by atoms with van der Waals surface area (Å²) in [6.07, 6.45) is -9.20. The minimum atomic E-state index is -5.08. The zero-order chi connectivity index (χ0) is 26.6. The van der Waals surface area contributed by atoms with Crippen molar-refractivity contribution in [2.24, 2.45) is 0 Å². The van der Waals surface area contributed by atoms with Gasteiger partial charge in [-0.25, -0.2) is 9.59 Å². The van der Waals surface area contributed by atoms with Gasteiger partial charge in [0.1, 0.15) is 0 Å². The highest BCUT2D eigenvalue weighted by molar-refractivity contribution is 6.31. The van der Waals surface area contributed by atoms with Gasteiger partial charge in [-0.3, -0.25) is 4.90 Å². The van der Waals surface area contributed by atoms with Crippen LogP contribution in [0.3, 0.4) is 0 Å². The van der Waals surface area contributed by atoms with Crippen LogP contribution in [0.1, 0.15) is 17.2 Å². The van der Waals surface area contributed by atoms with Crippen LogP contribution in [0.4, 0.5) is 26.3 Å². The van der Waals surface area contributed by atoms with Crippen molar-refractivity contribution in [1.29, 1.82) is 0 Å². The Hall–Kier alpha value is -2.83. The zero-order valence-corrected chi connectivity index (χ0v) is 18.9. The van der Waals surface area contributed by atoms with Gasteiger partial charge in [-0.05, 0) is 23.6 Å². The highest BCUT2D eigenvalue weighted by Gasteiger charge is 2.38. The van der Waals surface area contributed by atoms with Gasteiger partial charge in [-0.1, -0.05) is 60.1 Å². The molecule has 0 spiro atoms. The number of carboxylic acid groups (broad SMARTS) is 2. The van der Waals surface area contributed by atoms with Gasteiger partial charge in [0, 0.05) is 37.2 Å². The molecule has 0 saturated carbocycles. The van der Waals surface area contributed by atoms with Crippen molar-refractivity contribution in [2.45, 2.75) is 24.8 Å². The molecule has 0 aliphatic carbocycles. The zero-order valence-electron chi connectivity index (χ0n) is 18.1. The van der Waals surface area contributed by atoms with Crippen LogP contribution in [-0.2, 0) is 16.0 Å². The van der Waals surface area contributed by atoms with Gasteiger partial charge in [0.15, 0.2) is 0 Å². The molecule has 0 amide bonds. The van der Waals surface area contributed by atoms with Crippen molar-refractivity contribution in [2.75, 3.05) is 26.2 Å².